The number of esters is 1. The summed E-state index contributed by atoms with van der Waals surface area (Å²) in [4.78, 5) is 25.8. The number of piperidine rings is 3. The summed E-state index contributed by atoms with van der Waals surface area (Å²) in [5.41, 5.74) is 5.04. The van der Waals surface area contributed by atoms with Gasteiger partial charge in [-0.3, -0.25) is 9.59 Å². The SMILES string of the molecule is Cc1ccc(NCC(=O)O[C@H]2C[N+]3(CC(=O)c4ccccc4)CCC2CC3)c(-c2ccccc2)c1. The Labute approximate surface area is 207 Å². The number of quaternary nitrogens is 1. The largest absolute Gasteiger partial charge is 0.455 e. The van der Waals surface area contributed by atoms with Crippen molar-refractivity contribution in [1.82, 2.24) is 0 Å². The first-order valence-electron chi connectivity index (χ1n) is 12.5. The molecule has 35 heavy (non-hydrogen) atoms. The molecule has 0 aromatic heterocycles. The molecule has 0 amide bonds. The third-order valence-electron chi connectivity index (χ3n) is 7.58. The van der Waals surface area contributed by atoms with Gasteiger partial charge in [0.15, 0.2) is 6.10 Å². The fraction of sp³-hybridized carbons (Fsp3) is 0.333. The summed E-state index contributed by atoms with van der Waals surface area (Å²) in [6, 6.07) is 25.9. The third-order valence-corrected chi connectivity index (χ3v) is 7.58. The molecule has 6 rings (SSSR count). The molecule has 0 spiro atoms. The minimum absolute atomic E-state index is 0.120. The van der Waals surface area contributed by atoms with Crippen LogP contribution in [0.3, 0.4) is 0 Å². The maximum absolute atomic E-state index is 12.9. The number of hydrogen-bond donors (Lipinski definition) is 1. The topological polar surface area (TPSA) is 55.4 Å². The van der Waals surface area contributed by atoms with Crippen molar-refractivity contribution in [2.75, 3.05) is 38.0 Å². The lowest BCUT2D eigenvalue weighted by atomic mass is 9.83. The number of aryl methyl sites for hydroxylation is 1. The molecule has 3 aliphatic rings. The maximum atomic E-state index is 12.9. The van der Waals surface area contributed by atoms with Crippen molar-refractivity contribution >= 4 is 17.4 Å². The number of ether oxygens (including phenoxy) is 1. The Hall–Kier alpha value is -3.44. The molecule has 5 heteroatoms. The zero-order valence-electron chi connectivity index (χ0n) is 20.3. The van der Waals surface area contributed by atoms with Crippen LogP contribution in [-0.4, -0.2) is 55.1 Å². The van der Waals surface area contributed by atoms with E-state index >= 15 is 0 Å². The van der Waals surface area contributed by atoms with Crippen molar-refractivity contribution in [3.8, 4) is 11.1 Å². The summed E-state index contributed by atoms with van der Waals surface area (Å²) in [5.74, 6) is 0.325. The highest BCUT2D eigenvalue weighted by atomic mass is 16.5. The van der Waals surface area contributed by atoms with Crippen molar-refractivity contribution in [2.45, 2.75) is 25.9 Å². The first-order valence-corrected chi connectivity index (χ1v) is 12.5. The number of fused-ring (bicyclic) bond motifs is 3. The molecule has 0 saturated carbocycles. The van der Waals surface area contributed by atoms with Crippen molar-refractivity contribution in [3.63, 3.8) is 0 Å². The zero-order valence-corrected chi connectivity index (χ0v) is 20.3. The van der Waals surface area contributed by atoms with Crippen LogP contribution in [0.1, 0.15) is 28.8 Å². The summed E-state index contributed by atoms with van der Waals surface area (Å²) in [7, 11) is 0. The van der Waals surface area contributed by atoms with Gasteiger partial charge >= 0.3 is 5.97 Å². The molecule has 180 valence electrons. The van der Waals surface area contributed by atoms with E-state index < -0.39 is 0 Å². The molecule has 1 N–H and O–H groups in total. The number of carbonyl (C=O) groups excluding carboxylic acids is 2. The first kappa shape index (κ1) is 23.3. The molecule has 0 unspecified atom stereocenters. The van der Waals surface area contributed by atoms with Crippen LogP contribution in [0.15, 0.2) is 78.9 Å². The smallest absolute Gasteiger partial charge is 0.325 e. The Morgan fingerprint density at radius 1 is 0.943 bits per heavy atom. The summed E-state index contributed by atoms with van der Waals surface area (Å²) in [6.45, 7) is 5.37. The van der Waals surface area contributed by atoms with Crippen LogP contribution in [0, 0.1) is 12.8 Å². The molecule has 3 aromatic rings. The van der Waals surface area contributed by atoms with E-state index in [1.807, 2.05) is 60.7 Å². The van der Waals surface area contributed by atoms with Crippen LogP contribution in [0.2, 0.25) is 0 Å². The van der Waals surface area contributed by atoms with Crippen molar-refractivity contribution in [3.05, 3.63) is 90.0 Å². The lowest BCUT2D eigenvalue weighted by Crippen LogP contribution is -2.65. The van der Waals surface area contributed by atoms with E-state index in [4.69, 9.17) is 4.74 Å². The summed E-state index contributed by atoms with van der Waals surface area (Å²) >= 11 is 0. The van der Waals surface area contributed by atoms with Crippen molar-refractivity contribution in [1.29, 1.82) is 0 Å². The molecule has 3 fully saturated rings. The fourth-order valence-corrected chi connectivity index (χ4v) is 5.64. The van der Waals surface area contributed by atoms with E-state index in [1.165, 1.54) is 5.56 Å². The molecule has 3 aliphatic heterocycles. The molecule has 0 aliphatic carbocycles. The quantitative estimate of drug-likeness (QED) is 0.283. The first-order chi connectivity index (χ1) is 17.0. The molecule has 0 radical (unpaired) electrons. The maximum Gasteiger partial charge on any atom is 0.325 e. The van der Waals surface area contributed by atoms with Gasteiger partial charge in [-0.2, -0.15) is 0 Å². The van der Waals surface area contributed by atoms with Crippen LogP contribution in [0.4, 0.5) is 5.69 Å². The predicted molar refractivity (Wildman–Crippen MR) is 138 cm³/mol. The van der Waals surface area contributed by atoms with Crippen LogP contribution in [-0.2, 0) is 9.53 Å². The van der Waals surface area contributed by atoms with E-state index in [2.05, 4.69) is 30.4 Å². The zero-order chi connectivity index (χ0) is 24.3. The summed E-state index contributed by atoms with van der Waals surface area (Å²) in [6.07, 6.45) is 1.88. The molecule has 1 atom stereocenters. The highest BCUT2D eigenvalue weighted by molar-refractivity contribution is 5.97. The molecular weight excluding hydrogens is 436 g/mol. The molecule has 3 saturated heterocycles. The average molecular weight is 470 g/mol. The number of nitrogens with one attached hydrogen (secondary N) is 1. The molecular formula is C30H33N2O3+. The number of carbonyl (C=O) groups is 2. The number of anilines is 1. The number of hydrogen-bond acceptors (Lipinski definition) is 4. The van der Waals surface area contributed by atoms with E-state index in [9.17, 15) is 9.59 Å². The monoisotopic (exact) mass is 469 g/mol. The minimum Gasteiger partial charge on any atom is -0.455 e. The van der Waals surface area contributed by atoms with Gasteiger partial charge in [0.2, 0.25) is 5.78 Å². The Morgan fingerprint density at radius 3 is 2.34 bits per heavy atom. The van der Waals surface area contributed by atoms with Crippen LogP contribution >= 0.6 is 0 Å². The lowest BCUT2D eigenvalue weighted by Gasteiger charge is -2.51. The van der Waals surface area contributed by atoms with Crippen LogP contribution in [0.5, 0.6) is 0 Å². The van der Waals surface area contributed by atoms with E-state index in [0.717, 1.165) is 59.3 Å². The number of Topliss-reactive ketones (excluding diaryl/α,β-unsaturated/α-hetero) is 1. The van der Waals surface area contributed by atoms with Gasteiger partial charge in [-0.05, 0) is 24.6 Å². The van der Waals surface area contributed by atoms with Gasteiger partial charge < -0.3 is 14.5 Å². The summed E-state index contributed by atoms with van der Waals surface area (Å²) < 4.78 is 6.73. The second-order valence-corrected chi connectivity index (χ2v) is 10.1. The number of nitrogens with zero attached hydrogens (tertiary/aromatic N) is 1. The standard InChI is InChI=1S/C30H33N2O3/c1-22-12-13-27(26(18-22)23-8-4-2-5-9-23)31-19-30(34)35-29-21-32(16-14-25(29)15-17-32)20-28(33)24-10-6-3-7-11-24/h2-13,18,25,29,31H,14-17,19-21H2,1H3/q+1/t25?,29-,32?/m0/s1. The predicted octanol–water partition coefficient (Wildman–Crippen LogP) is 5.11. The number of rotatable bonds is 8. The molecule has 5 nitrogen and oxygen atoms in total. The van der Waals surface area contributed by atoms with Crippen LogP contribution in [0.25, 0.3) is 11.1 Å². The Bertz CT molecular complexity index is 1180. The second kappa shape index (κ2) is 10.0. The van der Waals surface area contributed by atoms with Gasteiger partial charge in [0.25, 0.3) is 0 Å². The Kier molecular flexibility index (Phi) is 6.69. The number of ketones is 1. The minimum atomic E-state index is -0.240. The molecule has 2 bridgehead atoms. The molecule has 3 heterocycles. The normalized spacial score (nSPS) is 23.0. The van der Waals surface area contributed by atoms with E-state index in [-0.39, 0.29) is 24.4 Å². The van der Waals surface area contributed by atoms with Gasteiger partial charge in [-0.15, -0.1) is 0 Å². The summed E-state index contributed by atoms with van der Waals surface area (Å²) in [5, 5.41) is 3.30. The van der Waals surface area contributed by atoms with Gasteiger partial charge in [0.1, 0.15) is 19.6 Å². The third kappa shape index (κ3) is 5.30. The van der Waals surface area contributed by atoms with Gasteiger partial charge in [-0.1, -0.05) is 72.3 Å². The highest BCUT2D eigenvalue weighted by Crippen LogP contribution is 2.36. The highest BCUT2D eigenvalue weighted by Gasteiger charge is 2.48. The molecule has 3 aromatic carbocycles. The average Bonchev–Trinajstić information content (AvgIpc) is 2.89. The van der Waals surface area contributed by atoms with Gasteiger partial charge in [0.05, 0.1) is 13.1 Å². The van der Waals surface area contributed by atoms with Crippen LogP contribution < -0.4 is 5.32 Å². The van der Waals surface area contributed by atoms with Gasteiger partial charge in [-0.25, -0.2) is 0 Å². The Balaban J connectivity index is 1.21. The number of benzene rings is 3. The lowest BCUT2D eigenvalue weighted by molar-refractivity contribution is -0.938. The van der Waals surface area contributed by atoms with Crippen molar-refractivity contribution < 1.29 is 18.8 Å². The Morgan fingerprint density at radius 2 is 1.63 bits per heavy atom. The van der Waals surface area contributed by atoms with E-state index in [0.29, 0.717) is 12.5 Å². The second-order valence-electron chi connectivity index (χ2n) is 10.1. The van der Waals surface area contributed by atoms with Crippen molar-refractivity contribution in [2.24, 2.45) is 5.92 Å². The van der Waals surface area contributed by atoms with E-state index in [1.54, 1.807) is 0 Å². The fourth-order valence-electron chi connectivity index (χ4n) is 5.64. The van der Waals surface area contributed by atoms with Gasteiger partial charge in [0, 0.05) is 35.6 Å².